The second-order valence-corrected chi connectivity index (χ2v) is 6.17. The van der Waals surface area contributed by atoms with Crippen molar-refractivity contribution in [2.24, 2.45) is 0 Å². The molecule has 6 heteroatoms. The van der Waals surface area contributed by atoms with E-state index in [1.165, 1.54) is 0 Å². The van der Waals surface area contributed by atoms with E-state index in [9.17, 15) is 5.26 Å². The highest BCUT2D eigenvalue weighted by Crippen LogP contribution is 2.24. The Morgan fingerprint density at radius 2 is 1.95 bits per heavy atom. The Balaban J connectivity index is 1.62. The van der Waals surface area contributed by atoms with Gasteiger partial charge in [-0.3, -0.25) is 0 Å². The molecule has 1 aromatic heterocycles. The Morgan fingerprint density at radius 3 is 2.64 bits per heavy atom. The van der Waals surface area contributed by atoms with Gasteiger partial charge in [-0.15, -0.1) is 0 Å². The molecular formula is C16H16BrN5. The smallest absolute Gasteiger partial charge is 0.225 e. The monoisotopic (exact) mass is 357 g/mol. The summed E-state index contributed by atoms with van der Waals surface area (Å²) in [5, 5.41) is 12.7. The quantitative estimate of drug-likeness (QED) is 0.913. The fraction of sp³-hybridized carbons (Fsp3) is 0.312. The summed E-state index contributed by atoms with van der Waals surface area (Å²) in [5.41, 5.74) is 1.57. The van der Waals surface area contributed by atoms with Crippen molar-refractivity contribution in [3.8, 4) is 6.07 Å². The third kappa shape index (κ3) is 3.37. The minimum atomic E-state index is 0.369. The van der Waals surface area contributed by atoms with E-state index in [1.807, 2.05) is 24.3 Å². The van der Waals surface area contributed by atoms with Gasteiger partial charge in [0.1, 0.15) is 6.07 Å². The van der Waals surface area contributed by atoms with Crippen LogP contribution in [0, 0.1) is 11.3 Å². The Labute approximate surface area is 138 Å². The van der Waals surface area contributed by atoms with Crippen LogP contribution in [0.1, 0.15) is 18.4 Å². The van der Waals surface area contributed by atoms with E-state index >= 15 is 0 Å². The fourth-order valence-electron chi connectivity index (χ4n) is 2.63. The lowest BCUT2D eigenvalue weighted by Crippen LogP contribution is -2.40. The van der Waals surface area contributed by atoms with Crippen LogP contribution in [0.3, 0.4) is 0 Å². The van der Waals surface area contributed by atoms with Crippen molar-refractivity contribution in [2.75, 3.05) is 23.3 Å². The van der Waals surface area contributed by atoms with Gasteiger partial charge in [-0.25, -0.2) is 9.97 Å². The van der Waals surface area contributed by atoms with Crippen LogP contribution >= 0.6 is 15.9 Å². The number of piperidine rings is 1. The second-order valence-electron chi connectivity index (χ2n) is 5.26. The van der Waals surface area contributed by atoms with Crippen LogP contribution in [0.4, 0.5) is 11.6 Å². The average molecular weight is 358 g/mol. The van der Waals surface area contributed by atoms with Gasteiger partial charge >= 0.3 is 0 Å². The fourth-order valence-corrected chi connectivity index (χ4v) is 2.99. The SMILES string of the molecule is N#Cc1cc(Br)ccc1NC1CCN(c2ncccn2)CC1. The van der Waals surface area contributed by atoms with Crippen LogP contribution in [0.15, 0.2) is 41.1 Å². The summed E-state index contributed by atoms with van der Waals surface area (Å²) in [7, 11) is 0. The normalized spacial score (nSPS) is 15.4. The first-order valence-corrected chi connectivity index (χ1v) is 8.04. The first kappa shape index (κ1) is 14.8. The summed E-state index contributed by atoms with van der Waals surface area (Å²) in [6, 6.07) is 10.2. The first-order valence-electron chi connectivity index (χ1n) is 7.24. The average Bonchev–Trinajstić information content (AvgIpc) is 2.58. The zero-order valence-electron chi connectivity index (χ0n) is 12.0. The number of anilines is 2. The van der Waals surface area contributed by atoms with Gasteiger partial charge in [0, 0.05) is 36.0 Å². The minimum Gasteiger partial charge on any atom is -0.381 e. The summed E-state index contributed by atoms with van der Waals surface area (Å²) in [6.07, 6.45) is 5.54. The molecule has 0 radical (unpaired) electrons. The van der Waals surface area contributed by atoms with Crippen molar-refractivity contribution >= 4 is 27.6 Å². The van der Waals surface area contributed by atoms with Crippen LogP contribution < -0.4 is 10.2 Å². The Morgan fingerprint density at radius 1 is 1.23 bits per heavy atom. The third-order valence-corrected chi connectivity index (χ3v) is 4.28. The highest BCUT2D eigenvalue weighted by Gasteiger charge is 2.21. The molecule has 0 spiro atoms. The number of aromatic nitrogens is 2. The number of halogens is 1. The predicted octanol–water partition coefficient (Wildman–Crippen LogP) is 3.19. The van der Waals surface area contributed by atoms with Gasteiger partial charge in [-0.2, -0.15) is 5.26 Å². The topological polar surface area (TPSA) is 64.8 Å². The second kappa shape index (κ2) is 6.75. The molecule has 1 N–H and O–H groups in total. The number of hydrogen-bond acceptors (Lipinski definition) is 5. The van der Waals surface area contributed by atoms with Crippen molar-refractivity contribution in [2.45, 2.75) is 18.9 Å². The molecule has 1 fully saturated rings. The summed E-state index contributed by atoms with van der Waals surface area (Å²) >= 11 is 3.40. The molecule has 3 rings (SSSR count). The van der Waals surface area contributed by atoms with Crippen LogP contribution in [0.2, 0.25) is 0 Å². The molecule has 1 aromatic carbocycles. The van der Waals surface area contributed by atoms with Crippen LogP contribution in [0.5, 0.6) is 0 Å². The lowest BCUT2D eigenvalue weighted by atomic mass is 10.0. The molecular weight excluding hydrogens is 342 g/mol. The highest BCUT2D eigenvalue weighted by molar-refractivity contribution is 9.10. The highest BCUT2D eigenvalue weighted by atomic mass is 79.9. The number of benzene rings is 1. The maximum atomic E-state index is 9.23. The van der Waals surface area contributed by atoms with Gasteiger partial charge < -0.3 is 10.2 Å². The first-order chi connectivity index (χ1) is 10.8. The van der Waals surface area contributed by atoms with E-state index in [4.69, 9.17) is 0 Å². The van der Waals surface area contributed by atoms with Gasteiger partial charge in [0.05, 0.1) is 11.3 Å². The zero-order valence-corrected chi connectivity index (χ0v) is 13.6. The molecule has 0 saturated carbocycles. The van der Waals surface area contributed by atoms with Crippen molar-refractivity contribution in [1.82, 2.24) is 9.97 Å². The molecule has 0 atom stereocenters. The lowest BCUT2D eigenvalue weighted by molar-refractivity contribution is 0.520. The standard InChI is InChI=1S/C16H16BrN5/c17-13-2-3-15(12(10-13)11-18)21-14-4-8-22(9-5-14)16-19-6-1-7-20-16/h1-3,6-7,10,14,21H,4-5,8-9H2. The predicted molar refractivity (Wildman–Crippen MR) is 89.7 cm³/mol. The molecule has 1 aliphatic rings. The number of hydrogen-bond donors (Lipinski definition) is 1. The van der Waals surface area contributed by atoms with E-state index in [2.05, 4.69) is 42.2 Å². The molecule has 0 aliphatic carbocycles. The van der Waals surface area contributed by atoms with E-state index in [0.29, 0.717) is 11.6 Å². The number of nitrogens with one attached hydrogen (secondary N) is 1. The van der Waals surface area contributed by atoms with Gasteiger partial charge in [-0.05, 0) is 37.1 Å². The van der Waals surface area contributed by atoms with Crippen molar-refractivity contribution in [3.05, 3.63) is 46.7 Å². The molecule has 1 saturated heterocycles. The summed E-state index contributed by atoms with van der Waals surface area (Å²) in [6.45, 7) is 1.83. The third-order valence-electron chi connectivity index (χ3n) is 3.79. The number of nitrogens with zero attached hydrogens (tertiary/aromatic N) is 4. The lowest BCUT2D eigenvalue weighted by Gasteiger charge is -2.33. The molecule has 0 unspecified atom stereocenters. The molecule has 22 heavy (non-hydrogen) atoms. The minimum absolute atomic E-state index is 0.369. The van der Waals surface area contributed by atoms with Crippen molar-refractivity contribution in [3.63, 3.8) is 0 Å². The molecule has 0 bridgehead atoms. The molecule has 2 aromatic rings. The van der Waals surface area contributed by atoms with Crippen molar-refractivity contribution in [1.29, 1.82) is 5.26 Å². The molecule has 1 aliphatic heterocycles. The van der Waals surface area contributed by atoms with Crippen LogP contribution in [-0.4, -0.2) is 29.1 Å². The van der Waals surface area contributed by atoms with Gasteiger partial charge in [0.2, 0.25) is 5.95 Å². The van der Waals surface area contributed by atoms with Gasteiger partial charge in [-0.1, -0.05) is 15.9 Å². The van der Waals surface area contributed by atoms with Gasteiger partial charge in [0.25, 0.3) is 0 Å². The zero-order chi connectivity index (χ0) is 15.4. The summed E-state index contributed by atoms with van der Waals surface area (Å²) < 4.78 is 0.922. The van der Waals surface area contributed by atoms with Crippen LogP contribution in [0.25, 0.3) is 0 Å². The Bertz CT molecular complexity index is 675. The number of rotatable bonds is 3. The Kier molecular flexibility index (Phi) is 4.54. The Hall–Kier alpha value is -2.13. The summed E-state index contributed by atoms with van der Waals surface area (Å²) in [5.74, 6) is 0.794. The number of nitriles is 1. The molecule has 5 nitrogen and oxygen atoms in total. The maximum Gasteiger partial charge on any atom is 0.225 e. The van der Waals surface area contributed by atoms with E-state index in [0.717, 1.165) is 42.0 Å². The largest absolute Gasteiger partial charge is 0.381 e. The van der Waals surface area contributed by atoms with Crippen LogP contribution in [-0.2, 0) is 0 Å². The van der Waals surface area contributed by atoms with E-state index < -0.39 is 0 Å². The van der Waals surface area contributed by atoms with Gasteiger partial charge in [0.15, 0.2) is 0 Å². The van der Waals surface area contributed by atoms with E-state index in [-0.39, 0.29) is 0 Å². The van der Waals surface area contributed by atoms with E-state index in [1.54, 1.807) is 12.4 Å². The maximum absolute atomic E-state index is 9.23. The summed E-state index contributed by atoms with van der Waals surface area (Å²) in [4.78, 5) is 10.8. The molecule has 0 amide bonds. The van der Waals surface area contributed by atoms with Crippen molar-refractivity contribution < 1.29 is 0 Å². The molecule has 112 valence electrons. The molecule has 2 heterocycles.